The van der Waals surface area contributed by atoms with Crippen molar-refractivity contribution in [3.05, 3.63) is 24.3 Å². The second-order valence-corrected chi connectivity index (χ2v) is 31.3. The van der Waals surface area contributed by atoms with Crippen LogP contribution in [0.1, 0.15) is 401 Å². The van der Waals surface area contributed by atoms with Crippen molar-refractivity contribution in [3.8, 4) is 0 Å². The average molecular weight is 1450 g/mol. The summed E-state index contributed by atoms with van der Waals surface area (Å²) in [5.41, 5.74) is 0. The molecular formula is C80H152O17P2. The molecule has 3 unspecified atom stereocenters. The van der Waals surface area contributed by atoms with E-state index in [1.807, 2.05) is 0 Å². The number of aliphatic hydroxyl groups is 1. The Morgan fingerprint density at radius 1 is 0.323 bits per heavy atom. The van der Waals surface area contributed by atoms with E-state index in [-0.39, 0.29) is 25.7 Å². The first-order valence-electron chi connectivity index (χ1n) is 41.0. The van der Waals surface area contributed by atoms with Crippen LogP contribution in [0.5, 0.6) is 0 Å². The molecule has 17 nitrogen and oxygen atoms in total. The predicted octanol–water partition coefficient (Wildman–Crippen LogP) is 23.6. The minimum absolute atomic E-state index is 0.102. The molecule has 0 heterocycles. The molecule has 0 saturated carbocycles. The summed E-state index contributed by atoms with van der Waals surface area (Å²) in [6, 6.07) is 0. The van der Waals surface area contributed by atoms with E-state index in [0.29, 0.717) is 25.7 Å². The molecule has 0 radical (unpaired) electrons. The average Bonchev–Trinajstić information content (AvgIpc) is 1.01. The molecule has 0 aliphatic heterocycles. The van der Waals surface area contributed by atoms with Gasteiger partial charge in [0.05, 0.1) is 26.4 Å². The third-order valence-electron chi connectivity index (χ3n) is 18.5. The number of unbranched alkanes of at least 4 members (excludes halogenated alkanes) is 46. The molecule has 0 saturated heterocycles. The fourth-order valence-electron chi connectivity index (χ4n) is 11.8. The standard InChI is InChI=1S/C80H152O17P2/c1-6-10-13-16-19-22-25-27-29-30-31-32-33-34-35-37-39-41-44-50-55-60-65-79(84)96-75(69-91-78(83)64-59-54-49-43-40-38-36-28-26-23-20-17-14-11-7-2)71-94-98(86,87)92-67-74(81)68-93-99(88,89)95-72-76(70-90-77(82)63-58-53-48-42-24-21-18-15-12-8-3)97-80(85)66-61-56-51-46-45-47-52-57-62-73(5)9-4/h23,26,28,36,73-76,81H,6-22,24-25,27,29-35,37-72H2,1-5H3,(H,86,87)(H,88,89)/b26-23-,36-28-/t73?,74-,75-,76-/m1/s1. The van der Waals surface area contributed by atoms with Gasteiger partial charge in [-0.05, 0) is 57.3 Å². The van der Waals surface area contributed by atoms with Gasteiger partial charge in [0.25, 0.3) is 0 Å². The maximum Gasteiger partial charge on any atom is 0.472 e. The lowest BCUT2D eigenvalue weighted by atomic mass is 9.99. The van der Waals surface area contributed by atoms with Crippen LogP contribution >= 0.6 is 15.6 Å². The van der Waals surface area contributed by atoms with Gasteiger partial charge in [-0.25, -0.2) is 9.13 Å². The Hall–Kier alpha value is -2.46. The minimum Gasteiger partial charge on any atom is -0.462 e. The van der Waals surface area contributed by atoms with Gasteiger partial charge in [0.15, 0.2) is 12.2 Å². The van der Waals surface area contributed by atoms with Crippen LogP contribution in [0, 0.1) is 5.92 Å². The molecule has 0 amide bonds. The predicted molar refractivity (Wildman–Crippen MR) is 404 cm³/mol. The Bertz CT molecular complexity index is 1990. The highest BCUT2D eigenvalue weighted by Gasteiger charge is 2.30. The number of carbonyl (C=O) groups is 4. The molecule has 0 fully saturated rings. The van der Waals surface area contributed by atoms with E-state index in [2.05, 4.69) is 58.9 Å². The van der Waals surface area contributed by atoms with E-state index in [4.69, 9.17) is 37.0 Å². The van der Waals surface area contributed by atoms with Crippen molar-refractivity contribution < 1.29 is 80.2 Å². The molecule has 0 bridgehead atoms. The van der Waals surface area contributed by atoms with Crippen molar-refractivity contribution in [2.45, 2.75) is 419 Å². The number of rotatable bonds is 78. The Morgan fingerprint density at radius 2 is 0.566 bits per heavy atom. The van der Waals surface area contributed by atoms with Crippen LogP contribution in [-0.2, 0) is 65.4 Å². The largest absolute Gasteiger partial charge is 0.472 e. The summed E-state index contributed by atoms with van der Waals surface area (Å²) in [6.07, 6.45) is 66.1. The van der Waals surface area contributed by atoms with E-state index in [1.165, 1.54) is 205 Å². The number of carbonyl (C=O) groups excluding carboxylic acids is 4. The zero-order chi connectivity index (χ0) is 72.7. The third-order valence-corrected chi connectivity index (χ3v) is 20.4. The Kier molecular flexibility index (Phi) is 70.7. The Balaban J connectivity index is 5.23. The fourth-order valence-corrected chi connectivity index (χ4v) is 13.4. The van der Waals surface area contributed by atoms with E-state index in [0.717, 1.165) is 115 Å². The molecule has 3 N–H and O–H groups in total. The van der Waals surface area contributed by atoms with Gasteiger partial charge in [0.1, 0.15) is 19.3 Å². The normalized spacial score (nSPS) is 14.3. The molecule has 99 heavy (non-hydrogen) atoms. The summed E-state index contributed by atoms with van der Waals surface area (Å²) in [4.78, 5) is 72.9. The molecule has 0 aliphatic carbocycles. The Labute approximate surface area is 605 Å². The van der Waals surface area contributed by atoms with Gasteiger partial charge in [0.2, 0.25) is 0 Å². The second-order valence-electron chi connectivity index (χ2n) is 28.4. The van der Waals surface area contributed by atoms with Crippen molar-refractivity contribution in [2.75, 3.05) is 39.6 Å². The van der Waals surface area contributed by atoms with Crippen LogP contribution in [0.25, 0.3) is 0 Å². The van der Waals surface area contributed by atoms with Crippen molar-refractivity contribution in [1.29, 1.82) is 0 Å². The van der Waals surface area contributed by atoms with Crippen LogP contribution in [-0.4, -0.2) is 96.7 Å². The number of aliphatic hydroxyl groups excluding tert-OH is 1. The molecule has 0 aliphatic rings. The lowest BCUT2D eigenvalue weighted by molar-refractivity contribution is -0.161. The summed E-state index contributed by atoms with van der Waals surface area (Å²) in [5.74, 6) is -1.37. The SMILES string of the molecule is CCCCCC/C=C\C=C/CCCCCCCC(=O)OC[C@H](COP(=O)(O)OC[C@@H](O)COP(=O)(O)OC[C@@H](COC(=O)CCCCCCCCCCCC)OC(=O)CCCCCCCCCCC(C)CC)OC(=O)CCCCCCCCCCCCCCCCCCCCCCCC. The first-order chi connectivity index (χ1) is 48.1. The van der Waals surface area contributed by atoms with Crippen molar-refractivity contribution in [1.82, 2.24) is 0 Å². The fraction of sp³-hybridized carbons (Fsp3) is 0.900. The van der Waals surface area contributed by atoms with Gasteiger partial charge in [-0.2, -0.15) is 0 Å². The molecule has 0 aromatic heterocycles. The smallest absolute Gasteiger partial charge is 0.462 e. The summed E-state index contributed by atoms with van der Waals surface area (Å²) < 4.78 is 68.6. The zero-order valence-electron chi connectivity index (χ0n) is 64.1. The number of allylic oxidation sites excluding steroid dienone is 4. The van der Waals surface area contributed by atoms with Gasteiger partial charge >= 0.3 is 39.5 Å². The molecule has 6 atom stereocenters. The number of ether oxygens (including phenoxy) is 4. The van der Waals surface area contributed by atoms with Crippen molar-refractivity contribution in [3.63, 3.8) is 0 Å². The highest BCUT2D eigenvalue weighted by atomic mass is 31.2. The summed E-state index contributed by atoms with van der Waals surface area (Å²) in [5, 5.41) is 10.6. The molecule has 0 rings (SSSR count). The highest BCUT2D eigenvalue weighted by molar-refractivity contribution is 7.47. The molecule has 0 aromatic carbocycles. The van der Waals surface area contributed by atoms with E-state index >= 15 is 0 Å². The number of esters is 4. The quantitative estimate of drug-likeness (QED) is 0.0169. The van der Waals surface area contributed by atoms with Crippen molar-refractivity contribution >= 4 is 39.5 Å². The van der Waals surface area contributed by atoms with Crippen LogP contribution in [0.2, 0.25) is 0 Å². The maximum absolute atomic E-state index is 13.1. The van der Waals surface area contributed by atoms with Crippen LogP contribution in [0.15, 0.2) is 24.3 Å². The monoisotopic (exact) mass is 1450 g/mol. The summed E-state index contributed by atoms with van der Waals surface area (Å²) in [7, 11) is -9.93. The lowest BCUT2D eigenvalue weighted by Gasteiger charge is -2.21. The van der Waals surface area contributed by atoms with Gasteiger partial charge in [0, 0.05) is 25.7 Å². The molecule has 19 heteroatoms. The van der Waals surface area contributed by atoms with E-state index in [9.17, 15) is 43.2 Å². The number of phosphoric acid groups is 2. The first kappa shape index (κ1) is 96.5. The maximum atomic E-state index is 13.1. The van der Waals surface area contributed by atoms with Crippen molar-refractivity contribution in [2.24, 2.45) is 5.92 Å². The number of hydrogen-bond acceptors (Lipinski definition) is 15. The highest BCUT2D eigenvalue weighted by Crippen LogP contribution is 2.45. The van der Waals surface area contributed by atoms with Crippen LogP contribution < -0.4 is 0 Å². The van der Waals surface area contributed by atoms with Gasteiger partial charge in [-0.15, -0.1) is 0 Å². The summed E-state index contributed by atoms with van der Waals surface area (Å²) >= 11 is 0. The van der Waals surface area contributed by atoms with Gasteiger partial charge in [-0.1, -0.05) is 348 Å². The molecule has 0 spiro atoms. The zero-order valence-corrected chi connectivity index (χ0v) is 65.9. The number of phosphoric ester groups is 2. The molecular weight excluding hydrogens is 1290 g/mol. The van der Waals surface area contributed by atoms with E-state index < -0.39 is 97.5 Å². The van der Waals surface area contributed by atoms with Gasteiger partial charge < -0.3 is 33.8 Å². The number of hydrogen-bond donors (Lipinski definition) is 3. The Morgan fingerprint density at radius 3 is 0.859 bits per heavy atom. The molecule has 0 aromatic rings. The first-order valence-corrected chi connectivity index (χ1v) is 44.0. The second kappa shape index (κ2) is 72.5. The summed E-state index contributed by atoms with van der Waals surface area (Å²) in [6.45, 7) is 7.23. The van der Waals surface area contributed by atoms with Crippen LogP contribution in [0.3, 0.4) is 0 Å². The minimum atomic E-state index is -4.97. The lowest BCUT2D eigenvalue weighted by Crippen LogP contribution is -2.30. The van der Waals surface area contributed by atoms with Gasteiger partial charge in [-0.3, -0.25) is 37.3 Å². The topological polar surface area (TPSA) is 237 Å². The molecule has 584 valence electrons. The van der Waals surface area contributed by atoms with Crippen LogP contribution in [0.4, 0.5) is 0 Å². The third kappa shape index (κ3) is 72.3. The van der Waals surface area contributed by atoms with E-state index in [1.54, 1.807) is 0 Å².